The molecular weight excluding hydrogens is 367 g/mol. The SMILES string of the molecule is NC(Cc1ccc(C(F)(F)F)cc1)c1cc(Br)ccc1Cl. The summed E-state index contributed by atoms with van der Waals surface area (Å²) >= 11 is 9.43. The summed E-state index contributed by atoms with van der Waals surface area (Å²) in [7, 11) is 0. The molecule has 0 bridgehead atoms. The molecule has 0 aliphatic rings. The molecule has 0 amide bonds. The lowest BCUT2D eigenvalue weighted by Gasteiger charge is -2.15. The number of halogens is 5. The highest BCUT2D eigenvalue weighted by molar-refractivity contribution is 9.10. The predicted octanol–water partition coefficient (Wildman–Crippen LogP) is 5.36. The number of rotatable bonds is 3. The Morgan fingerprint density at radius 3 is 2.29 bits per heavy atom. The third-order valence-electron chi connectivity index (χ3n) is 3.09. The van der Waals surface area contributed by atoms with Crippen molar-refractivity contribution in [2.24, 2.45) is 5.73 Å². The molecule has 21 heavy (non-hydrogen) atoms. The van der Waals surface area contributed by atoms with Crippen molar-refractivity contribution < 1.29 is 13.2 Å². The molecule has 112 valence electrons. The molecule has 0 saturated heterocycles. The van der Waals surface area contributed by atoms with Crippen LogP contribution in [0, 0.1) is 0 Å². The van der Waals surface area contributed by atoms with E-state index < -0.39 is 11.7 Å². The van der Waals surface area contributed by atoms with Crippen molar-refractivity contribution in [3.05, 3.63) is 68.7 Å². The fraction of sp³-hybridized carbons (Fsp3) is 0.200. The molecule has 0 fully saturated rings. The molecular formula is C15H12BrClF3N. The Balaban J connectivity index is 2.16. The van der Waals surface area contributed by atoms with Crippen LogP contribution in [0.15, 0.2) is 46.9 Å². The molecule has 0 aliphatic carbocycles. The molecule has 6 heteroatoms. The summed E-state index contributed by atoms with van der Waals surface area (Å²) in [6.45, 7) is 0. The number of hydrogen-bond donors (Lipinski definition) is 1. The minimum Gasteiger partial charge on any atom is -0.324 e. The molecule has 0 spiro atoms. The lowest BCUT2D eigenvalue weighted by molar-refractivity contribution is -0.137. The molecule has 1 nitrogen and oxygen atoms in total. The van der Waals surface area contributed by atoms with Gasteiger partial charge in [-0.1, -0.05) is 39.7 Å². The van der Waals surface area contributed by atoms with E-state index >= 15 is 0 Å². The van der Waals surface area contributed by atoms with Crippen LogP contribution in [0.25, 0.3) is 0 Å². The third-order valence-corrected chi connectivity index (χ3v) is 3.93. The van der Waals surface area contributed by atoms with E-state index in [2.05, 4.69) is 15.9 Å². The zero-order valence-corrected chi connectivity index (χ0v) is 13.1. The molecule has 0 aliphatic heterocycles. The molecule has 2 N–H and O–H groups in total. The van der Waals surface area contributed by atoms with Gasteiger partial charge in [-0.05, 0) is 47.9 Å². The highest BCUT2D eigenvalue weighted by Crippen LogP contribution is 2.30. The van der Waals surface area contributed by atoms with E-state index in [1.165, 1.54) is 12.1 Å². The normalized spacial score (nSPS) is 13.2. The smallest absolute Gasteiger partial charge is 0.324 e. The number of nitrogens with two attached hydrogens (primary N) is 1. The topological polar surface area (TPSA) is 26.0 Å². The van der Waals surface area contributed by atoms with Gasteiger partial charge in [0.15, 0.2) is 0 Å². The van der Waals surface area contributed by atoms with Crippen molar-refractivity contribution in [1.82, 2.24) is 0 Å². The van der Waals surface area contributed by atoms with Crippen molar-refractivity contribution in [2.45, 2.75) is 18.6 Å². The number of benzene rings is 2. The van der Waals surface area contributed by atoms with Gasteiger partial charge in [0, 0.05) is 15.5 Å². The minimum absolute atomic E-state index is 0.383. The minimum atomic E-state index is -4.33. The van der Waals surface area contributed by atoms with Crippen molar-refractivity contribution in [3.8, 4) is 0 Å². The van der Waals surface area contributed by atoms with Gasteiger partial charge in [-0.3, -0.25) is 0 Å². The zero-order valence-electron chi connectivity index (χ0n) is 10.8. The largest absolute Gasteiger partial charge is 0.416 e. The van der Waals surface area contributed by atoms with Gasteiger partial charge in [0.2, 0.25) is 0 Å². The Labute approximate surface area is 134 Å². The summed E-state index contributed by atoms with van der Waals surface area (Å²) in [6.07, 6.45) is -3.91. The molecule has 0 saturated carbocycles. The molecule has 2 aromatic carbocycles. The zero-order chi connectivity index (χ0) is 15.6. The maximum absolute atomic E-state index is 12.5. The van der Waals surface area contributed by atoms with Crippen LogP contribution in [0.1, 0.15) is 22.7 Å². The summed E-state index contributed by atoms with van der Waals surface area (Å²) in [5, 5.41) is 0.539. The van der Waals surface area contributed by atoms with Gasteiger partial charge in [-0.15, -0.1) is 0 Å². The van der Waals surface area contributed by atoms with Crippen LogP contribution < -0.4 is 5.73 Å². The average molecular weight is 379 g/mol. The van der Waals surface area contributed by atoms with E-state index in [1.807, 2.05) is 6.07 Å². The summed E-state index contributed by atoms with van der Waals surface area (Å²) in [5.41, 5.74) is 6.91. The molecule has 1 unspecified atom stereocenters. The summed E-state index contributed by atoms with van der Waals surface area (Å²) < 4.78 is 38.3. The average Bonchev–Trinajstić information content (AvgIpc) is 2.41. The van der Waals surface area contributed by atoms with E-state index in [0.717, 1.165) is 27.7 Å². The van der Waals surface area contributed by atoms with Crippen molar-refractivity contribution in [2.75, 3.05) is 0 Å². The van der Waals surface area contributed by atoms with Crippen LogP contribution in [0.4, 0.5) is 13.2 Å². The lowest BCUT2D eigenvalue weighted by Crippen LogP contribution is -2.14. The highest BCUT2D eigenvalue weighted by atomic mass is 79.9. The van der Waals surface area contributed by atoms with Crippen LogP contribution in [0.5, 0.6) is 0 Å². The first-order valence-electron chi connectivity index (χ1n) is 6.14. The molecule has 2 aromatic rings. The maximum Gasteiger partial charge on any atom is 0.416 e. The first-order valence-corrected chi connectivity index (χ1v) is 7.31. The van der Waals surface area contributed by atoms with Gasteiger partial charge in [0.1, 0.15) is 0 Å². The number of alkyl halides is 3. The second kappa shape index (κ2) is 6.38. The Bertz CT molecular complexity index is 626. The predicted molar refractivity (Wildman–Crippen MR) is 81.2 cm³/mol. The second-order valence-corrected chi connectivity index (χ2v) is 5.99. The Kier molecular flexibility index (Phi) is 4.96. The van der Waals surface area contributed by atoms with Gasteiger partial charge in [-0.25, -0.2) is 0 Å². The van der Waals surface area contributed by atoms with Crippen LogP contribution >= 0.6 is 27.5 Å². The molecule has 0 radical (unpaired) electrons. The Morgan fingerprint density at radius 1 is 1.10 bits per heavy atom. The summed E-state index contributed by atoms with van der Waals surface area (Å²) in [6, 6.07) is 9.96. The van der Waals surface area contributed by atoms with Crippen LogP contribution in [0.2, 0.25) is 5.02 Å². The van der Waals surface area contributed by atoms with Gasteiger partial charge < -0.3 is 5.73 Å². The van der Waals surface area contributed by atoms with Crippen LogP contribution in [0.3, 0.4) is 0 Å². The van der Waals surface area contributed by atoms with E-state index in [0.29, 0.717) is 11.4 Å². The maximum atomic E-state index is 12.5. The third kappa shape index (κ3) is 4.22. The molecule has 2 rings (SSSR count). The monoisotopic (exact) mass is 377 g/mol. The first-order chi connectivity index (χ1) is 9.77. The first kappa shape index (κ1) is 16.3. The fourth-order valence-corrected chi connectivity index (χ4v) is 2.63. The van der Waals surface area contributed by atoms with E-state index in [4.69, 9.17) is 17.3 Å². The van der Waals surface area contributed by atoms with E-state index in [-0.39, 0.29) is 6.04 Å². The quantitative estimate of drug-likeness (QED) is 0.764. The van der Waals surface area contributed by atoms with Crippen molar-refractivity contribution in [3.63, 3.8) is 0 Å². The molecule has 1 atom stereocenters. The Morgan fingerprint density at radius 2 is 1.71 bits per heavy atom. The molecule has 0 aromatic heterocycles. The highest BCUT2D eigenvalue weighted by Gasteiger charge is 2.29. The summed E-state index contributed by atoms with van der Waals surface area (Å²) in [5.74, 6) is 0. The Hall–Kier alpha value is -1.04. The number of hydrogen-bond acceptors (Lipinski definition) is 1. The molecule has 0 heterocycles. The van der Waals surface area contributed by atoms with E-state index in [9.17, 15) is 13.2 Å². The van der Waals surface area contributed by atoms with Crippen LogP contribution in [-0.2, 0) is 12.6 Å². The standard InChI is InChI=1S/C15H12BrClF3N/c16-11-5-6-13(17)12(8-11)14(21)7-9-1-3-10(4-2-9)15(18,19)20/h1-6,8,14H,7,21H2. The van der Waals surface area contributed by atoms with E-state index in [1.54, 1.807) is 12.1 Å². The van der Waals surface area contributed by atoms with Crippen LogP contribution in [-0.4, -0.2) is 0 Å². The van der Waals surface area contributed by atoms with Crippen molar-refractivity contribution in [1.29, 1.82) is 0 Å². The lowest BCUT2D eigenvalue weighted by atomic mass is 9.99. The second-order valence-electron chi connectivity index (χ2n) is 4.67. The van der Waals surface area contributed by atoms with Gasteiger partial charge in [-0.2, -0.15) is 13.2 Å². The van der Waals surface area contributed by atoms with Gasteiger partial charge in [0.25, 0.3) is 0 Å². The van der Waals surface area contributed by atoms with Crippen molar-refractivity contribution >= 4 is 27.5 Å². The fourth-order valence-electron chi connectivity index (χ4n) is 1.99. The van der Waals surface area contributed by atoms with Gasteiger partial charge in [0.05, 0.1) is 5.56 Å². The summed E-state index contributed by atoms with van der Waals surface area (Å²) in [4.78, 5) is 0. The van der Waals surface area contributed by atoms with Gasteiger partial charge >= 0.3 is 6.18 Å².